The SMILES string of the molecule is Cc1cccc(Oc2cc(Cl)ccc2/C=C/C(=O)O)c1F. The molecule has 2 rings (SSSR count). The lowest BCUT2D eigenvalue weighted by molar-refractivity contribution is -0.131. The zero-order valence-electron chi connectivity index (χ0n) is 11.1. The summed E-state index contributed by atoms with van der Waals surface area (Å²) in [6.45, 7) is 1.63. The number of ether oxygens (including phenoxy) is 1. The Balaban J connectivity index is 2.40. The zero-order chi connectivity index (χ0) is 15.4. The summed E-state index contributed by atoms with van der Waals surface area (Å²) in [6.07, 6.45) is 2.34. The van der Waals surface area contributed by atoms with Crippen LogP contribution >= 0.6 is 11.6 Å². The fraction of sp³-hybridized carbons (Fsp3) is 0.0625. The number of aryl methyl sites for hydroxylation is 1. The average molecular weight is 307 g/mol. The third kappa shape index (κ3) is 3.83. The van der Waals surface area contributed by atoms with E-state index in [4.69, 9.17) is 21.4 Å². The maximum atomic E-state index is 14.0. The Hall–Kier alpha value is -2.33. The third-order valence-corrected chi connectivity index (χ3v) is 2.99. The molecule has 0 saturated heterocycles. The number of hydrogen-bond acceptors (Lipinski definition) is 2. The molecule has 0 fully saturated rings. The van der Waals surface area contributed by atoms with Crippen molar-refractivity contribution in [1.82, 2.24) is 0 Å². The smallest absolute Gasteiger partial charge is 0.328 e. The minimum Gasteiger partial charge on any atom is -0.478 e. The van der Waals surface area contributed by atoms with Gasteiger partial charge in [-0.15, -0.1) is 0 Å². The van der Waals surface area contributed by atoms with Crippen LogP contribution < -0.4 is 4.74 Å². The van der Waals surface area contributed by atoms with E-state index in [0.717, 1.165) is 6.08 Å². The van der Waals surface area contributed by atoms with E-state index in [2.05, 4.69) is 0 Å². The van der Waals surface area contributed by atoms with Crippen LogP contribution in [-0.4, -0.2) is 11.1 Å². The second kappa shape index (κ2) is 6.41. The number of aliphatic carboxylic acids is 1. The van der Waals surface area contributed by atoms with Crippen LogP contribution in [0.4, 0.5) is 4.39 Å². The molecule has 0 heterocycles. The first-order chi connectivity index (χ1) is 9.97. The van der Waals surface area contributed by atoms with Crippen molar-refractivity contribution in [1.29, 1.82) is 0 Å². The molecule has 0 aliphatic rings. The number of halogens is 2. The van der Waals surface area contributed by atoms with Crippen LogP contribution in [0.2, 0.25) is 5.02 Å². The number of carbonyl (C=O) groups is 1. The van der Waals surface area contributed by atoms with Crippen LogP contribution in [0.3, 0.4) is 0 Å². The summed E-state index contributed by atoms with van der Waals surface area (Å²) in [5, 5.41) is 9.08. The van der Waals surface area contributed by atoms with Gasteiger partial charge in [0.2, 0.25) is 0 Å². The van der Waals surface area contributed by atoms with Gasteiger partial charge in [-0.1, -0.05) is 23.7 Å². The van der Waals surface area contributed by atoms with Crippen LogP contribution in [0.25, 0.3) is 6.08 Å². The Labute approximate surface area is 126 Å². The highest BCUT2D eigenvalue weighted by molar-refractivity contribution is 6.30. The Morgan fingerprint density at radius 1 is 1.29 bits per heavy atom. The van der Waals surface area contributed by atoms with E-state index in [0.29, 0.717) is 16.1 Å². The molecule has 2 aromatic rings. The molecule has 108 valence electrons. The Kier molecular flexibility index (Phi) is 4.60. The second-order valence-corrected chi connectivity index (χ2v) is 4.78. The van der Waals surface area contributed by atoms with E-state index in [1.54, 1.807) is 31.2 Å². The Bertz CT molecular complexity index is 711. The molecule has 5 heteroatoms. The molecule has 0 aromatic heterocycles. The molecule has 2 aromatic carbocycles. The number of benzene rings is 2. The molecule has 0 spiro atoms. The summed E-state index contributed by atoms with van der Waals surface area (Å²) < 4.78 is 19.5. The molecule has 0 aliphatic carbocycles. The van der Waals surface area contributed by atoms with Gasteiger partial charge in [-0.25, -0.2) is 9.18 Å². The highest BCUT2D eigenvalue weighted by atomic mass is 35.5. The number of rotatable bonds is 4. The lowest BCUT2D eigenvalue weighted by atomic mass is 10.1. The Morgan fingerprint density at radius 2 is 2.05 bits per heavy atom. The van der Waals surface area contributed by atoms with Gasteiger partial charge < -0.3 is 9.84 Å². The minimum atomic E-state index is -1.09. The first-order valence-electron chi connectivity index (χ1n) is 6.11. The second-order valence-electron chi connectivity index (χ2n) is 4.34. The van der Waals surface area contributed by atoms with Gasteiger partial charge in [0.25, 0.3) is 0 Å². The topological polar surface area (TPSA) is 46.5 Å². The summed E-state index contributed by atoms with van der Waals surface area (Å²) in [7, 11) is 0. The van der Waals surface area contributed by atoms with Crippen LogP contribution in [0, 0.1) is 12.7 Å². The van der Waals surface area contributed by atoms with Gasteiger partial charge in [0, 0.05) is 22.7 Å². The molecule has 0 unspecified atom stereocenters. The van der Waals surface area contributed by atoms with Crippen LogP contribution in [0.1, 0.15) is 11.1 Å². The Morgan fingerprint density at radius 3 is 2.76 bits per heavy atom. The molecule has 3 nitrogen and oxygen atoms in total. The first kappa shape index (κ1) is 15.1. The standard InChI is InChI=1S/C16H12ClFO3/c1-10-3-2-4-13(16(10)18)21-14-9-12(17)7-5-11(14)6-8-15(19)20/h2-9H,1H3,(H,19,20)/b8-6+. The molecule has 0 atom stereocenters. The predicted molar refractivity (Wildman–Crippen MR) is 79.3 cm³/mol. The molecule has 0 radical (unpaired) electrons. The molecule has 0 amide bonds. The number of carboxylic acids is 1. The largest absolute Gasteiger partial charge is 0.478 e. The first-order valence-corrected chi connectivity index (χ1v) is 6.48. The number of hydrogen-bond donors (Lipinski definition) is 1. The van der Waals surface area contributed by atoms with Crippen LogP contribution in [-0.2, 0) is 4.79 Å². The van der Waals surface area contributed by atoms with Gasteiger partial charge in [-0.05, 0) is 36.8 Å². The monoisotopic (exact) mass is 306 g/mol. The normalized spacial score (nSPS) is 10.8. The van der Waals surface area contributed by atoms with Crippen molar-refractivity contribution in [3.05, 3.63) is 64.4 Å². The molecular formula is C16H12ClFO3. The zero-order valence-corrected chi connectivity index (χ0v) is 11.9. The molecular weight excluding hydrogens is 295 g/mol. The predicted octanol–water partition coefficient (Wildman–Crippen LogP) is 4.68. The lowest BCUT2D eigenvalue weighted by Crippen LogP contribution is -1.93. The quantitative estimate of drug-likeness (QED) is 0.834. The van der Waals surface area contributed by atoms with E-state index in [1.165, 1.54) is 18.2 Å². The van der Waals surface area contributed by atoms with Crippen molar-refractivity contribution < 1.29 is 19.0 Å². The van der Waals surface area contributed by atoms with Gasteiger partial charge in [-0.2, -0.15) is 0 Å². The molecule has 0 saturated carbocycles. The van der Waals surface area contributed by atoms with E-state index in [1.807, 2.05) is 0 Å². The fourth-order valence-corrected chi connectivity index (χ4v) is 1.88. The summed E-state index contributed by atoms with van der Waals surface area (Å²) in [4.78, 5) is 10.6. The van der Waals surface area contributed by atoms with Crippen LogP contribution in [0.15, 0.2) is 42.5 Å². The van der Waals surface area contributed by atoms with Gasteiger partial charge in [0.1, 0.15) is 5.75 Å². The van der Waals surface area contributed by atoms with Crippen LogP contribution in [0.5, 0.6) is 11.5 Å². The molecule has 1 N–H and O–H groups in total. The van der Waals surface area contributed by atoms with Gasteiger partial charge in [0.05, 0.1) is 0 Å². The van der Waals surface area contributed by atoms with Gasteiger partial charge in [0.15, 0.2) is 11.6 Å². The van der Waals surface area contributed by atoms with Gasteiger partial charge >= 0.3 is 5.97 Å². The van der Waals surface area contributed by atoms with Crippen molar-refractivity contribution in [3.8, 4) is 11.5 Å². The van der Waals surface area contributed by atoms with E-state index in [9.17, 15) is 9.18 Å². The van der Waals surface area contributed by atoms with E-state index in [-0.39, 0.29) is 11.5 Å². The van der Waals surface area contributed by atoms with Crippen molar-refractivity contribution in [3.63, 3.8) is 0 Å². The summed E-state index contributed by atoms with van der Waals surface area (Å²) in [5.74, 6) is -1.21. The molecule has 21 heavy (non-hydrogen) atoms. The maximum Gasteiger partial charge on any atom is 0.328 e. The van der Waals surface area contributed by atoms with Crippen molar-refractivity contribution in [2.45, 2.75) is 6.92 Å². The highest BCUT2D eigenvalue weighted by Crippen LogP contribution is 2.31. The lowest BCUT2D eigenvalue weighted by Gasteiger charge is -2.11. The molecule has 0 bridgehead atoms. The molecule has 0 aliphatic heterocycles. The van der Waals surface area contributed by atoms with E-state index >= 15 is 0 Å². The van der Waals surface area contributed by atoms with Crippen molar-refractivity contribution in [2.24, 2.45) is 0 Å². The van der Waals surface area contributed by atoms with Crippen molar-refractivity contribution in [2.75, 3.05) is 0 Å². The maximum absolute atomic E-state index is 14.0. The number of carboxylic acid groups (broad SMARTS) is 1. The third-order valence-electron chi connectivity index (χ3n) is 2.76. The highest BCUT2D eigenvalue weighted by Gasteiger charge is 2.10. The fourth-order valence-electron chi connectivity index (χ4n) is 1.71. The minimum absolute atomic E-state index is 0.0576. The van der Waals surface area contributed by atoms with E-state index < -0.39 is 11.8 Å². The summed E-state index contributed by atoms with van der Waals surface area (Å²) in [6, 6.07) is 9.50. The van der Waals surface area contributed by atoms with Crippen molar-refractivity contribution >= 4 is 23.6 Å². The summed E-state index contributed by atoms with van der Waals surface area (Å²) >= 11 is 5.90. The summed E-state index contributed by atoms with van der Waals surface area (Å²) in [5.41, 5.74) is 0.944. The van der Waals surface area contributed by atoms with Gasteiger partial charge in [-0.3, -0.25) is 0 Å². The average Bonchev–Trinajstić information content (AvgIpc) is 2.43.